The fourth-order valence-corrected chi connectivity index (χ4v) is 5.31. The predicted molar refractivity (Wildman–Crippen MR) is 133 cm³/mol. The van der Waals surface area contributed by atoms with Crippen molar-refractivity contribution in [1.29, 1.82) is 0 Å². The molecule has 1 atom stereocenters. The Morgan fingerprint density at radius 1 is 0.765 bits per heavy atom. The second kappa shape index (κ2) is 14.4. The number of hydrogen-bond acceptors (Lipinski definition) is 1. The van der Waals surface area contributed by atoms with Gasteiger partial charge < -0.3 is 4.74 Å². The average Bonchev–Trinajstić information content (AvgIpc) is 2.85. The van der Waals surface area contributed by atoms with Crippen LogP contribution in [0.5, 0.6) is 5.75 Å². The van der Waals surface area contributed by atoms with Gasteiger partial charge in [0.2, 0.25) is 0 Å². The summed E-state index contributed by atoms with van der Waals surface area (Å²) in [6, 6.07) is 11.6. The lowest BCUT2D eigenvalue weighted by molar-refractivity contribution is 0.166. The van der Waals surface area contributed by atoms with E-state index in [9.17, 15) is 13.2 Å². The second-order valence-electron chi connectivity index (χ2n) is 10.1. The fraction of sp³-hybridized carbons (Fsp3) is 0.600. The van der Waals surface area contributed by atoms with Gasteiger partial charge in [-0.1, -0.05) is 114 Å². The summed E-state index contributed by atoms with van der Waals surface area (Å²) in [6.07, 6.45) is 17.6. The van der Waals surface area contributed by atoms with Gasteiger partial charge in [-0.3, -0.25) is 0 Å². The highest BCUT2D eigenvalue weighted by Gasteiger charge is 2.23. The first kappa shape index (κ1) is 26.6. The van der Waals surface area contributed by atoms with Crippen LogP contribution < -0.4 is 4.74 Å². The van der Waals surface area contributed by atoms with E-state index in [1.807, 2.05) is 30.3 Å². The SMILES string of the molecule is CCCCCCCCC[C@H]1CC[C@H](CCC(Oc2cc(F)c(F)c(F)c2)c2ccccc2)CC1. The number of rotatable bonds is 14. The summed E-state index contributed by atoms with van der Waals surface area (Å²) in [4.78, 5) is 0. The highest BCUT2D eigenvalue weighted by molar-refractivity contribution is 5.27. The van der Waals surface area contributed by atoms with Gasteiger partial charge in [-0.2, -0.15) is 0 Å². The number of hydrogen-bond donors (Lipinski definition) is 0. The largest absolute Gasteiger partial charge is 0.486 e. The molecule has 0 radical (unpaired) electrons. The summed E-state index contributed by atoms with van der Waals surface area (Å²) in [5, 5.41) is 0. The molecule has 1 saturated carbocycles. The lowest BCUT2D eigenvalue weighted by Crippen LogP contribution is -2.17. The smallest absolute Gasteiger partial charge is 0.194 e. The van der Waals surface area contributed by atoms with Crippen LogP contribution in [0.3, 0.4) is 0 Å². The highest BCUT2D eigenvalue weighted by Crippen LogP contribution is 2.37. The summed E-state index contributed by atoms with van der Waals surface area (Å²) in [5.41, 5.74) is 0.972. The van der Waals surface area contributed by atoms with Gasteiger partial charge in [-0.25, -0.2) is 13.2 Å². The van der Waals surface area contributed by atoms with Gasteiger partial charge in [0.15, 0.2) is 17.5 Å². The van der Waals surface area contributed by atoms with Gasteiger partial charge in [-0.15, -0.1) is 0 Å². The summed E-state index contributed by atoms with van der Waals surface area (Å²) in [5.74, 6) is -2.33. The molecular weight excluding hydrogens is 433 g/mol. The van der Waals surface area contributed by atoms with Crippen molar-refractivity contribution in [3.05, 3.63) is 65.5 Å². The molecule has 1 aliphatic rings. The first-order valence-corrected chi connectivity index (χ1v) is 13.4. The lowest BCUT2D eigenvalue weighted by atomic mass is 9.77. The van der Waals surface area contributed by atoms with Crippen LogP contribution in [0.1, 0.15) is 108 Å². The minimum Gasteiger partial charge on any atom is -0.486 e. The van der Waals surface area contributed by atoms with Crippen molar-refractivity contribution in [2.45, 2.75) is 103 Å². The lowest BCUT2D eigenvalue weighted by Gasteiger charge is -2.30. The fourth-order valence-electron chi connectivity index (χ4n) is 5.31. The predicted octanol–water partition coefficient (Wildman–Crippen LogP) is 9.95. The molecule has 0 amide bonds. The Bertz CT molecular complexity index is 807. The van der Waals surface area contributed by atoms with Crippen LogP contribution in [-0.2, 0) is 0 Å². The Hall–Kier alpha value is -1.97. The van der Waals surface area contributed by atoms with Crippen LogP contribution in [0.4, 0.5) is 13.2 Å². The standard InChI is InChI=1S/C30H41F3O/c1-2-3-4-5-6-7-9-12-23-15-17-24(18-16-23)19-20-29(25-13-10-8-11-14-25)34-26-21-27(31)30(33)28(32)22-26/h8,10-11,13-14,21-24,29H,2-7,9,12,15-20H2,1H3/t23-,24-,29?. The van der Waals surface area contributed by atoms with E-state index in [1.165, 1.54) is 77.0 Å². The van der Waals surface area contributed by atoms with Crippen molar-refractivity contribution in [3.8, 4) is 5.75 Å². The molecule has 4 heteroatoms. The maximum absolute atomic E-state index is 13.7. The third-order valence-electron chi connectivity index (χ3n) is 7.43. The van der Waals surface area contributed by atoms with Gasteiger partial charge in [0.25, 0.3) is 0 Å². The minimum absolute atomic E-state index is 0.0312. The van der Waals surface area contributed by atoms with Crippen LogP contribution >= 0.6 is 0 Å². The van der Waals surface area contributed by atoms with Crippen molar-refractivity contribution < 1.29 is 17.9 Å². The molecule has 0 heterocycles. The topological polar surface area (TPSA) is 9.23 Å². The van der Waals surface area contributed by atoms with Gasteiger partial charge in [-0.05, 0) is 30.2 Å². The Morgan fingerprint density at radius 2 is 1.32 bits per heavy atom. The molecule has 34 heavy (non-hydrogen) atoms. The zero-order valence-electron chi connectivity index (χ0n) is 20.7. The number of unbranched alkanes of at least 4 members (excludes halogenated alkanes) is 6. The third kappa shape index (κ3) is 8.67. The molecule has 0 aromatic heterocycles. The summed E-state index contributed by atoms with van der Waals surface area (Å²) < 4.78 is 46.7. The van der Waals surface area contributed by atoms with Crippen molar-refractivity contribution in [3.63, 3.8) is 0 Å². The first-order chi connectivity index (χ1) is 16.6. The van der Waals surface area contributed by atoms with Crippen molar-refractivity contribution in [2.24, 2.45) is 11.8 Å². The van der Waals surface area contributed by atoms with Crippen molar-refractivity contribution in [1.82, 2.24) is 0 Å². The highest BCUT2D eigenvalue weighted by atomic mass is 19.2. The number of ether oxygens (including phenoxy) is 1. The maximum atomic E-state index is 13.7. The summed E-state index contributed by atoms with van der Waals surface area (Å²) in [7, 11) is 0. The maximum Gasteiger partial charge on any atom is 0.194 e. The molecule has 1 fully saturated rings. The van der Waals surface area contributed by atoms with Gasteiger partial charge >= 0.3 is 0 Å². The second-order valence-corrected chi connectivity index (χ2v) is 10.1. The number of halogens is 3. The van der Waals surface area contributed by atoms with E-state index in [4.69, 9.17) is 4.74 Å². The summed E-state index contributed by atoms with van der Waals surface area (Å²) in [6.45, 7) is 2.26. The molecule has 188 valence electrons. The number of benzene rings is 2. The Kier molecular flexibility index (Phi) is 11.3. The van der Waals surface area contributed by atoms with Crippen LogP contribution in [0.15, 0.2) is 42.5 Å². The van der Waals surface area contributed by atoms with Gasteiger partial charge in [0.1, 0.15) is 11.9 Å². The molecule has 0 bridgehead atoms. The van der Waals surface area contributed by atoms with Crippen LogP contribution in [0.2, 0.25) is 0 Å². The molecule has 1 nitrogen and oxygen atoms in total. The summed E-state index contributed by atoms with van der Waals surface area (Å²) >= 11 is 0. The average molecular weight is 475 g/mol. The van der Waals surface area contributed by atoms with E-state index >= 15 is 0 Å². The van der Waals surface area contributed by atoms with E-state index in [0.717, 1.165) is 36.5 Å². The molecule has 3 rings (SSSR count). The van der Waals surface area contributed by atoms with E-state index < -0.39 is 17.5 Å². The van der Waals surface area contributed by atoms with Crippen LogP contribution in [-0.4, -0.2) is 0 Å². The zero-order valence-corrected chi connectivity index (χ0v) is 20.7. The monoisotopic (exact) mass is 474 g/mol. The molecule has 2 aromatic rings. The molecule has 1 aliphatic carbocycles. The third-order valence-corrected chi connectivity index (χ3v) is 7.43. The van der Waals surface area contributed by atoms with E-state index in [0.29, 0.717) is 5.92 Å². The zero-order chi connectivity index (χ0) is 24.2. The Morgan fingerprint density at radius 3 is 1.94 bits per heavy atom. The molecular formula is C30H41F3O. The molecule has 0 spiro atoms. The molecule has 0 aliphatic heterocycles. The normalized spacial score (nSPS) is 19.2. The Labute approximate surface area is 204 Å². The van der Waals surface area contributed by atoms with Crippen LogP contribution in [0.25, 0.3) is 0 Å². The van der Waals surface area contributed by atoms with E-state index in [-0.39, 0.29) is 11.9 Å². The van der Waals surface area contributed by atoms with E-state index in [2.05, 4.69) is 6.92 Å². The molecule has 0 saturated heterocycles. The first-order valence-electron chi connectivity index (χ1n) is 13.4. The van der Waals surface area contributed by atoms with Gasteiger partial charge in [0, 0.05) is 12.1 Å². The molecule has 1 unspecified atom stereocenters. The van der Waals surface area contributed by atoms with Crippen molar-refractivity contribution in [2.75, 3.05) is 0 Å². The van der Waals surface area contributed by atoms with Crippen LogP contribution in [0, 0.1) is 29.3 Å². The Balaban J connectivity index is 1.44. The molecule has 2 aromatic carbocycles. The van der Waals surface area contributed by atoms with Crippen molar-refractivity contribution >= 4 is 0 Å². The molecule has 0 N–H and O–H groups in total. The minimum atomic E-state index is -1.46. The quantitative estimate of drug-likeness (QED) is 0.195. The van der Waals surface area contributed by atoms with Gasteiger partial charge in [0.05, 0.1) is 0 Å². The van der Waals surface area contributed by atoms with E-state index in [1.54, 1.807) is 0 Å².